The van der Waals surface area contributed by atoms with Crippen molar-refractivity contribution in [1.82, 2.24) is 29.7 Å². The predicted molar refractivity (Wildman–Crippen MR) is 124 cm³/mol. The van der Waals surface area contributed by atoms with Crippen LogP contribution in [0.4, 0.5) is 0 Å². The van der Waals surface area contributed by atoms with Gasteiger partial charge in [-0.25, -0.2) is 4.68 Å². The van der Waals surface area contributed by atoms with Crippen molar-refractivity contribution in [2.24, 2.45) is 0 Å². The second-order valence-corrected chi connectivity index (χ2v) is 8.46. The summed E-state index contributed by atoms with van der Waals surface area (Å²) in [6.45, 7) is 5.26. The lowest BCUT2D eigenvalue weighted by molar-refractivity contribution is 0.0609. The van der Waals surface area contributed by atoms with Crippen molar-refractivity contribution in [3.8, 4) is 17.1 Å². The molecule has 2 aromatic heterocycles. The Morgan fingerprint density at radius 2 is 1.88 bits per heavy atom. The number of benzene rings is 2. The summed E-state index contributed by atoms with van der Waals surface area (Å²) in [5.74, 6) is 1.11. The summed E-state index contributed by atoms with van der Waals surface area (Å²) < 4.78 is 7.13. The van der Waals surface area contributed by atoms with Gasteiger partial charge in [-0.2, -0.15) is 10.1 Å². The molecular weight excluding hydrogens is 440 g/mol. The summed E-state index contributed by atoms with van der Waals surface area (Å²) in [7, 11) is 0. The van der Waals surface area contributed by atoms with E-state index >= 15 is 0 Å². The topological polar surface area (TPSA) is 80.3 Å². The van der Waals surface area contributed by atoms with E-state index in [1.165, 1.54) is 0 Å². The molecule has 3 heterocycles. The Kier molecular flexibility index (Phi) is 5.93. The van der Waals surface area contributed by atoms with Gasteiger partial charge in [0, 0.05) is 43.0 Å². The van der Waals surface area contributed by atoms with E-state index in [1.54, 1.807) is 23.0 Å². The number of aryl methyl sites for hydroxylation is 1. The number of carbonyl (C=O) groups is 1. The Bertz CT molecular complexity index is 1280. The Morgan fingerprint density at radius 1 is 1.06 bits per heavy atom. The number of rotatable bonds is 5. The molecule has 0 spiro atoms. The maximum absolute atomic E-state index is 12.9. The third kappa shape index (κ3) is 4.67. The number of hydrogen-bond donors (Lipinski definition) is 0. The number of carbonyl (C=O) groups excluding carboxylic acids is 1. The van der Waals surface area contributed by atoms with Crippen LogP contribution >= 0.6 is 11.6 Å². The molecule has 1 aliphatic rings. The van der Waals surface area contributed by atoms with Gasteiger partial charge in [0.1, 0.15) is 0 Å². The molecule has 0 atom stereocenters. The highest BCUT2D eigenvalue weighted by Gasteiger charge is 2.25. The molecule has 2 aromatic carbocycles. The molecule has 0 aliphatic carbocycles. The van der Waals surface area contributed by atoms with Crippen molar-refractivity contribution in [3.63, 3.8) is 0 Å². The van der Waals surface area contributed by atoms with Crippen LogP contribution in [0.25, 0.3) is 17.1 Å². The Labute approximate surface area is 196 Å². The molecule has 0 N–H and O–H groups in total. The molecule has 1 aliphatic heterocycles. The summed E-state index contributed by atoms with van der Waals surface area (Å²) in [5.41, 5.74) is 3.31. The second-order valence-electron chi connectivity index (χ2n) is 8.02. The second kappa shape index (κ2) is 9.17. The van der Waals surface area contributed by atoms with Gasteiger partial charge in [-0.3, -0.25) is 9.69 Å². The first kappa shape index (κ1) is 21.4. The van der Waals surface area contributed by atoms with E-state index in [1.807, 2.05) is 54.3 Å². The molecule has 9 heteroatoms. The normalized spacial score (nSPS) is 14.5. The zero-order valence-electron chi connectivity index (χ0n) is 18.2. The van der Waals surface area contributed by atoms with Crippen LogP contribution in [0.2, 0.25) is 5.02 Å². The van der Waals surface area contributed by atoms with E-state index in [0.717, 1.165) is 29.9 Å². The van der Waals surface area contributed by atoms with Gasteiger partial charge in [-0.1, -0.05) is 47.1 Å². The highest BCUT2D eigenvalue weighted by molar-refractivity contribution is 6.30. The fraction of sp³-hybridized carbons (Fsp3) is 0.250. The lowest BCUT2D eigenvalue weighted by Gasteiger charge is -2.33. The van der Waals surface area contributed by atoms with E-state index in [-0.39, 0.29) is 5.91 Å². The average Bonchev–Trinajstić information content (AvgIpc) is 3.50. The molecule has 4 aromatic rings. The molecule has 1 amide bonds. The van der Waals surface area contributed by atoms with Crippen LogP contribution < -0.4 is 0 Å². The zero-order chi connectivity index (χ0) is 22.8. The number of nitrogens with zero attached hydrogens (tertiary/aromatic N) is 6. The standard InChI is InChI=1S/C24H23ClN6O2/c1-17-5-2-3-8-20(17)23-26-22(33-28-23)16-29-11-13-30(14-12-29)24(32)21-9-10-31(27-21)19-7-4-6-18(25)15-19/h2-10,15H,11-14,16H2,1H3. The van der Waals surface area contributed by atoms with Gasteiger partial charge in [-0.15, -0.1) is 0 Å². The summed E-state index contributed by atoms with van der Waals surface area (Å²) in [6.07, 6.45) is 1.77. The van der Waals surface area contributed by atoms with E-state index in [4.69, 9.17) is 16.1 Å². The van der Waals surface area contributed by atoms with E-state index in [0.29, 0.717) is 42.1 Å². The van der Waals surface area contributed by atoms with Crippen LogP contribution in [0.15, 0.2) is 65.3 Å². The molecule has 0 saturated carbocycles. The lowest BCUT2D eigenvalue weighted by Crippen LogP contribution is -2.48. The zero-order valence-corrected chi connectivity index (χ0v) is 18.9. The molecule has 1 saturated heterocycles. The fourth-order valence-corrected chi connectivity index (χ4v) is 4.10. The molecule has 33 heavy (non-hydrogen) atoms. The maximum Gasteiger partial charge on any atom is 0.274 e. The van der Waals surface area contributed by atoms with Gasteiger partial charge in [0.15, 0.2) is 5.69 Å². The number of piperazine rings is 1. The molecule has 0 unspecified atom stereocenters. The minimum atomic E-state index is -0.0740. The third-order valence-electron chi connectivity index (χ3n) is 5.75. The van der Waals surface area contributed by atoms with Crippen LogP contribution in [0.3, 0.4) is 0 Å². The highest BCUT2D eigenvalue weighted by atomic mass is 35.5. The van der Waals surface area contributed by atoms with Crippen molar-refractivity contribution in [1.29, 1.82) is 0 Å². The van der Waals surface area contributed by atoms with Crippen LogP contribution in [0.1, 0.15) is 21.9 Å². The first-order valence-corrected chi connectivity index (χ1v) is 11.2. The van der Waals surface area contributed by atoms with Crippen molar-refractivity contribution < 1.29 is 9.32 Å². The van der Waals surface area contributed by atoms with Gasteiger partial charge >= 0.3 is 0 Å². The van der Waals surface area contributed by atoms with Crippen molar-refractivity contribution in [2.75, 3.05) is 26.2 Å². The fourth-order valence-electron chi connectivity index (χ4n) is 3.92. The van der Waals surface area contributed by atoms with E-state index in [9.17, 15) is 4.79 Å². The SMILES string of the molecule is Cc1ccccc1-c1noc(CN2CCN(C(=O)c3ccn(-c4cccc(Cl)c4)n3)CC2)n1. The molecule has 0 radical (unpaired) electrons. The third-order valence-corrected chi connectivity index (χ3v) is 5.99. The van der Waals surface area contributed by atoms with Crippen molar-refractivity contribution in [2.45, 2.75) is 13.5 Å². The monoisotopic (exact) mass is 462 g/mol. The Hall–Kier alpha value is -3.49. The number of halogens is 1. The van der Waals surface area contributed by atoms with Crippen molar-refractivity contribution in [3.05, 3.63) is 83.0 Å². The average molecular weight is 463 g/mol. The molecule has 168 valence electrons. The summed E-state index contributed by atoms with van der Waals surface area (Å²) in [4.78, 5) is 21.5. The molecular formula is C24H23ClN6O2. The van der Waals surface area contributed by atoms with Crippen LogP contribution in [0.5, 0.6) is 0 Å². The largest absolute Gasteiger partial charge is 0.338 e. The van der Waals surface area contributed by atoms with Crippen LogP contribution in [-0.4, -0.2) is 61.8 Å². The number of amides is 1. The van der Waals surface area contributed by atoms with Gasteiger partial charge in [0.2, 0.25) is 11.7 Å². The summed E-state index contributed by atoms with van der Waals surface area (Å²) in [5, 5.41) is 9.20. The smallest absolute Gasteiger partial charge is 0.274 e. The minimum Gasteiger partial charge on any atom is -0.338 e. The number of aromatic nitrogens is 4. The van der Waals surface area contributed by atoms with Gasteiger partial charge < -0.3 is 9.42 Å². The Balaban J connectivity index is 1.18. The van der Waals surface area contributed by atoms with Gasteiger partial charge in [-0.05, 0) is 36.8 Å². The number of hydrogen-bond acceptors (Lipinski definition) is 6. The molecule has 5 rings (SSSR count). The van der Waals surface area contributed by atoms with E-state index in [2.05, 4.69) is 20.1 Å². The highest BCUT2D eigenvalue weighted by Crippen LogP contribution is 2.21. The summed E-state index contributed by atoms with van der Waals surface area (Å²) in [6, 6.07) is 17.1. The quantitative estimate of drug-likeness (QED) is 0.448. The maximum atomic E-state index is 12.9. The van der Waals surface area contributed by atoms with Gasteiger partial charge in [0.25, 0.3) is 5.91 Å². The van der Waals surface area contributed by atoms with Crippen LogP contribution in [-0.2, 0) is 6.54 Å². The first-order chi connectivity index (χ1) is 16.1. The molecule has 1 fully saturated rings. The molecule has 0 bridgehead atoms. The van der Waals surface area contributed by atoms with Crippen molar-refractivity contribution >= 4 is 17.5 Å². The van der Waals surface area contributed by atoms with E-state index < -0.39 is 0 Å². The summed E-state index contributed by atoms with van der Waals surface area (Å²) >= 11 is 6.06. The molecule has 8 nitrogen and oxygen atoms in total. The van der Waals surface area contributed by atoms with Crippen LogP contribution in [0, 0.1) is 6.92 Å². The van der Waals surface area contributed by atoms with Gasteiger partial charge in [0.05, 0.1) is 12.2 Å². The Morgan fingerprint density at radius 3 is 2.67 bits per heavy atom. The predicted octanol–water partition coefficient (Wildman–Crippen LogP) is 3.84. The lowest BCUT2D eigenvalue weighted by atomic mass is 10.1. The minimum absolute atomic E-state index is 0.0740. The first-order valence-electron chi connectivity index (χ1n) is 10.8.